The van der Waals surface area contributed by atoms with E-state index in [1.54, 1.807) is 0 Å². The second kappa shape index (κ2) is 6.91. The Balaban J connectivity index is 2.61. The molecule has 1 heterocycles. The second-order valence-corrected chi connectivity index (χ2v) is 9.74. The van der Waals surface area contributed by atoms with Crippen molar-refractivity contribution in [1.29, 1.82) is 0 Å². The van der Waals surface area contributed by atoms with Gasteiger partial charge in [0.25, 0.3) is 0 Å². The highest BCUT2D eigenvalue weighted by Crippen LogP contribution is 2.46. The number of alkyl halides is 3. The number of hydrogen-bond donors (Lipinski definition) is 2. The average Bonchev–Trinajstić information content (AvgIpc) is 3.00. The molecular weight excluding hydrogens is 387 g/mol. The number of ether oxygens (including phenoxy) is 1. The van der Waals surface area contributed by atoms with Crippen molar-refractivity contribution in [3.63, 3.8) is 0 Å². The van der Waals surface area contributed by atoms with Crippen LogP contribution in [-0.4, -0.2) is 62.0 Å². The van der Waals surface area contributed by atoms with Gasteiger partial charge in [-0.25, -0.2) is 12.7 Å². The molecule has 1 aliphatic rings. The molecule has 6 nitrogen and oxygen atoms in total. The maximum Gasteiger partial charge on any atom is 0.419 e. The molecule has 0 bridgehead atoms. The zero-order chi connectivity index (χ0) is 20.8. The van der Waals surface area contributed by atoms with Crippen LogP contribution in [0.15, 0.2) is 17.0 Å². The Morgan fingerprint density at radius 1 is 1.22 bits per heavy atom. The van der Waals surface area contributed by atoms with Crippen LogP contribution in [0.4, 0.5) is 13.2 Å². The maximum atomic E-state index is 13.3. The third-order valence-corrected chi connectivity index (χ3v) is 6.58. The normalized spacial score (nSPS) is 17.6. The minimum atomic E-state index is -5.05. The number of aliphatic hydroxyl groups is 2. The van der Waals surface area contributed by atoms with Gasteiger partial charge in [-0.2, -0.15) is 13.2 Å². The van der Waals surface area contributed by atoms with Crippen LogP contribution in [0.2, 0.25) is 0 Å². The molecule has 1 aromatic carbocycles. The van der Waals surface area contributed by atoms with Gasteiger partial charge in [0, 0.05) is 26.1 Å². The fourth-order valence-electron chi connectivity index (χ4n) is 3.21. The van der Waals surface area contributed by atoms with Gasteiger partial charge in [-0.3, -0.25) is 0 Å². The van der Waals surface area contributed by atoms with Gasteiger partial charge in [-0.1, -0.05) is 13.8 Å². The van der Waals surface area contributed by atoms with Crippen LogP contribution in [0, 0.1) is 0 Å². The third-order valence-electron chi connectivity index (χ3n) is 4.79. The molecule has 27 heavy (non-hydrogen) atoms. The Bertz CT molecular complexity index is 821. The van der Waals surface area contributed by atoms with Crippen LogP contribution in [-0.2, 0) is 21.9 Å². The summed E-state index contributed by atoms with van der Waals surface area (Å²) in [6.45, 7) is 1.68. The minimum Gasteiger partial charge on any atom is -0.493 e. The molecule has 0 aromatic heterocycles. The topological polar surface area (TPSA) is 87.1 Å². The van der Waals surface area contributed by atoms with Crippen molar-refractivity contribution >= 4 is 10.0 Å². The van der Waals surface area contributed by atoms with Crippen molar-refractivity contribution in [1.82, 2.24) is 4.31 Å². The van der Waals surface area contributed by atoms with Gasteiger partial charge in [-0.15, -0.1) is 0 Å². The fourth-order valence-corrected chi connectivity index (χ4v) is 4.19. The van der Waals surface area contributed by atoms with Crippen molar-refractivity contribution in [2.24, 2.45) is 0 Å². The molecule has 0 fully saturated rings. The van der Waals surface area contributed by atoms with Gasteiger partial charge in [0.15, 0.2) is 5.60 Å². The van der Waals surface area contributed by atoms with Gasteiger partial charge in [0.05, 0.1) is 18.1 Å². The van der Waals surface area contributed by atoms with Crippen LogP contribution < -0.4 is 4.74 Å². The average molecular weight is 411 g/mol. The van der Waals surface area contributed by atoms with Crippen molar-refractivity contribution in [3.8, 4) is 5.75 Å². The van der Waals surface area contributed by atoms with E-state index in [2.05, 4.69) is 0 Å². The Morgan fingerprint density at radius 3 is 2.30 bits per heavy atom. The van der Waals surface area contributed by atoms with Gasteiger partial charge in [0.2, 0.25) is 10.0 Å². The molecule has 2 rings (SSSR count). The molecule has 0 radical (unpaired) electrons. The summed E-state index contributed by atoms with van der Waals surface area (Å²) >= 11 is 0. The number of aliphatic hydroxyl groups excluding tert-OH is 1. The van der Waals surface area contributed by atoms with Crippen molar-refractivity contribution in [2.45, 2.75) is 48.8 Å². The zero-order valence-electron chi connectivity index (χ0n) is 15.6. The Kier molecular flexibility index (Phi) is 5.61. The van der Waals surface area contributed by atoms with Crippen molar-refractivity contribution in [2.75, 3.05) is 27.3 Å². The molecule has 10 heteroatoms. The molecule has 154 valence electrons. The molecule has 0 amide bonds. The molecule has 2 N–H and O–H groups in total. The quantitative estimate of drug-likeness (QED) is 0.746. The van der Waals surface area contributed by atoms with Crippen LogP contribution in [0.25, 0.3) is 0 Å². The number of benzene rings is 1. The molecule has 1 unspecified atom stereocenters. The molecule has 0 saturated carbocycles. The van der Waals surface area contributed by atoms with E-state index in [-0.39, 0.29) is 17.1 Å². The predicted molar refractivity (Wildman–Crippen MR) is 92.2 cm³/mol. The monoisotopic (exact) mass is 411 g/mol. The molecule has 0 spiro atoms. The third kappa shape index (κ3) is 3.94. The summed E-state index contributed by atoms with van der Waals surface area (Å²) in [5.41, 5.74) is -3.83. The second-order valence-electron chi connectivity index (χ2n) is 7.59. The first-order valence-electron chi connectivity index (χ1n) is 8.28. The molecule has 1 atom stereocenters. The van der Waals surface area contributed by atoms with E-state index in [9.17, 15) is 31.8 Å². The van der Waals surface area contributed by atoms with E-state index in [0.717, 1.165) is 4.31 Å². The lowest BCUT2D eigenvalue weighted by molar-refractivity contribution is -0.277. The molecular formula is C17H24F3NO5S. The minimum absolute atomic E-state index is 0.0561. The Labute approximate surface area is 156 Å². The maximum absolute atomic E-state index is 13.3. The van der Waals surface area contributed by atoms with E-state index in [1.165, 1.54) is 40.1 Å². The predicted octanol–water partition coefficient (Wildman–Crippen LogP) is 1.83. The number of halogens is 3. The van der Waals surface area contributed by atoms with Crippen molar-refractivity contribution in [3.05, 3.63) is 23.3 Å². The van der Waals surface area contributed by atoms with Crippen LogP contribution in [0.5, 0.6) is 5.75 Å². The number of hydrogen-bond acceptors (Lipinski definition) is 5. The standard InChI is InChI=1S/C17H24F3NO5S/c1-15(2,9-16(23,10-22)17(18,19)20)13-8-12(27(24,25)21(3)4)7-11-5-6-26-14(11)13/h7-8,22-23H,5-6,9-10H2,1-4H3. The SMILES string of the molecule is CN(C)S(=O)(=O)c1cc2c(c(C(C)(C)CC(O)(CO)C(F)(F)F)c1)OCC2. The van der Waals surface area contributed by atoms with Gasteiger partial charge >= 0.3 is 6.18 Å². The van der Waals surface area contributed by atoms with E-state index in [4.69, 9.17) is 4.74 Å². The highest BCUT2D eigenvalue weighted by Gasteiger charge is 2.56. The summed E-state index contributed by atoms with van der Waals surface area (Å²) in [5.74, 6) is 0.333. The summed E-state index contributed by atoms with van der Waals surface area (Å²) in [5, 5.41) is 19.2. The van der Waals surface area contributed by atoms with Crippen LogP contribution in [0.1, 0.15) is 31.4 Å². The van der Waals surface area contributed by atoms with Gasteiger partial charge < -0.3 is 14.9 Å². The number of sulfonamides is 1. The highest BCUT2D eigenvalue weighted by atomic mass is 32.2. The fraction of sp³-hybridized carbons (Fsp3) is 0.647. The van der Waals surface area contributed by atoms with Crippen molar-refractivity contribution < 1.29 is 36.5 Å². The van der Waals surface area contributed by atoms with E-state index in [1.807, 2.05) is 0 Å². The van der Waals surface area contributed by atoms with Crippen LogP contribution in [0.3, 0.4) is 0 Å². The van der Waals surface area contributed by atoms with Gasteiger partial charge in [0.1, 0.15) is 5.75 Å². The highest BCUT2D eigenvalue weighted by molar-refractivity contribution is 7.89. The largest absolute Gasteiger partial charge is 0.493 e. The lowest BCUT2D eigenvalue weighted by atomic mass is 9.74. The zero-order valence-corrected chi connectivity index (χ0v) is 16.4. The smallest absolute Gasteiger partial charge is 0.419 e. The molecule has 0 aliphatic carbocycles. The van der Waals surface area contributed by atoms with Crippen LogP contribution >= 0.6 is 0 Å². The summed E-state index contributed by atoms with van der Waals surface area (Å²) in [6, 6.07) is 2.74. The lowest BCUT2D eigenvalue weighted by Crippen LogP contribution is -2.52. The first-order valence-corrected chi connectivity index (χ1v) is 9.72. The summed E-state index contributed by atoms with van der Waals surface area (Å²) in [6.07, 6.45) is -5.48. The van der Waals surface area contributed by atoms with E-state index >= 15 is 0 Å². The summed E-state index contributed by atoms with van der Waals surface area (Å²) < 4.78 is 71.4. The number of rotatable bonds is 6. The molecule has 1 aromatic rings. The number of nitrogens with zero attached hydrogens (tertiary/aromatic N) is 1. The van der Waals surface area contributed by atoms with E-state index in [0.29, 0.717) is 17.7 Å². The summed E-state index contributed by atoms with van der Waals surface area (Å²) in [4.78, 5) is -0.0561. The molecule has 0 saturated heterocycles. The Hall–Kier alpha value is -1.36. The Morgan fingerprint density at radius 2 is 1.81 bits per heavy atom. The first-order chi connectivity index (χ1) is 12.2. The molecule has 1 aliphatic heterocycles. The van der Waals surface area contributed by atoms with Gasteiger partial charge in [-0.05, 0) is 29.5 Å². The number of fused-ring (bicyclic) bond motifs is 1. The summed E-state index contributed by atoms with van der Waals surface area (Å²) in [7, 11) is -1.10. The first kappa shape index (κ1) is 21.9. The van der Waals surface area contributed by atoms with E-state index < -0.39 is 40.2 Å². The lowest BCUT2D eigenvalue weighted by Gasteiger charge is -2.37.